The van der Waals surface area contributed by atoms with Crippen LogP contribution in [0.2, 0.25) is 0 Å². The molecule has 0 saturated carbocycles. The predicted molar refractivity (Wildman–Crippen MR) is 72.6 cm³/mol. The molecule has 1 atom stereocenters. The van der Waals surface area contributed by atoms with Crippen LogP contribution in [0.1, 0.15) is 72.6 Å². The quantitative estimate of drug-likeness (QED) is 0.446. The molecule has 0 saturated heterocycles. The van der Waals surface area contributed by atoms with E-state index in [0.717, 1.165) is 19.3 Å². The normalized spacial score (nSPS) is 14.5. The van der Waals surface area contributed by atoms with Crippen LogP contribution < -0.4 is 0 Å². The summed E-state index contributed by atoms with van der Waals surface area (Å²) in [6, 6.07) is 0. The van der Waals surface area contributed by atoms with Crippen LogP contribution in [-0.4, -0.2) is 11.2 Å². The molecule has 0 aliphatic rings. The second kappa shape index (κ2) is 9.89. The van der Waals surface area contributed by atoms with E-state index in [4.69, 9.17) is 0 Å². The van der Waals surface area contributed by atoms with Crippen molar-refractivity contribution >= 4 is 0 Å². The minimum atomic E-state index is -0.128. The third-order valence-corrected chi connectivity index (χ3v) is 3.07. The van der Waals surface area contributed by atoms with Crippen molar-refractivity contribution in [1.82, 2.24) is 0 Å². The van der Waals surface area contributed by atoms with Gasteiger partial charge in [-0.15, -0.1) is 0 Å². The van der Waals surface area contributed by atoms with E-state index in [1.165, 1.54) is 31.3 Å². The Hall–Kier alpha value is -0.300. The van der Waals surface area contributed by atoms with Crippen molar-refractivity contribution in [1.29, 1.82) is 0 Å². The molecule has 0 rings (SSSR count). The minimum absolute atomic E-state index is 0.128. The van der Waals surface area contributed by atoms with Crippen molar-refractivity contribution in [2.24, 2.45) is 5.92 Å². The first-order chi connectivity index (χ1) is 7.61. The average Bonchev–Trinajstić information content (AvgIpc) is 2.23. The summed E-state index contributed by atoms with van der Waals surface area (Å²) >= 11 is 0. The van der Waals surface area contributed by atoms with Gasteiger partial charge in [0.05, 0.1) is 6.10 Å². The number of hydrogen-bond acceptors (Lipinski definition) is 1. The molecule has 96 valence electrons. The Morgan fingerprint density at radius 3 is 2.31 bits per heavy atom. The fraction of sp³-hybridized carbons (Fsp3) is 0.867. The number of rotatable bonds is 9. The lowest BCUT2D eigenvalue weighted by Crippen LogP contribution is -2.10. The third-order valence-electron chi connectivity index (χ3n) is 3.07. The van der Waals surface area contributed by atoms with Gasteiger partial charge in [-0.25, -0.2) is 0 Å². The van der Waals surface area contributed by atoms with E-state index in [1.54, 1.807) is 0 Å². The van der Waals surface area contributed by atoms with E-state index in [2.05, 4.69) is 33.8 Å². The Morgan fingerprint density at radius 2 is 1.81 bits per heavy atom. The highest BCUT2D eigenvalue weighted by molar-refractivity contribution is 5.05. The molecule has 0 fully saturated rings. The van der Waals surface area contributed by atoms with Crippen molar-refractivity contribution < 1.29 is 5.11 Å². The molecule has 16 heavy (non-hydrogen) atoms. The van der Waals surface area contributed by atoms with Gasteiger partial charge in [0.15, 0.2) is 0 Å². The Balaban J connectivity index is 3.82. The number of aliphatic hydroxyl groups excluding tert-OH is 1. The highest BCUT2D eigenvalue weighted by atomic mass is 16.3. The molecule has 0 amide bonds. The Kier molecular flexibility index (Phi) is 9.71. The number of aliphatic hydroxyl groups is 1. The monoisotopic (exact) mass is 226 g/mol. The molecule has 0 aliphatic carbocycles. The molecule has 0 aliphatic heterocycles. The van der Waals surface area contributed by atoms with Crippen molar-refractivity contribution in [3.63, 3.8) is 0 Å². The van der Waals surface area contributed by atoms with Crippen LogP contribution in [0.25, 0.3) is 0 Å². The lowest BCUT2D eigenvalue weighted by Gasteiger charge is -2.16. The second-order valence-corrected chi connectivity index (χ2v) is 5.05. The molecule has 0 bridgehead atoms. The lowest BCUT2D eigenvalue weighted by molar-refractivity contribution is 0.158. The summed E-state index contributed by atoms with van der Waals surface area (Å²) in [5, 5.41) is 9.95. The standard InChI is InChI=1S/C15H30O/c1-5-7-8-9-11-15(16)12-14(10-6-2)13(3)4/h10,13,15-16H,5-9,11-12H2,1-4H3/b14-10-. The van der Waals surface area contributed by atoms with Gasteiger partial charge in [-0.3, -0.25) is 0 Å². The first kappa shape index (κ1) is 15.7. The van der Waals surface area contributed by atoms with E-state index in [-0.39, 0.29) is 6.10 Å². The average molecular weight is 226 g/mol. The summed E-state index contributed by atoms with van der Waals surface area (Å²) in [7, 11) is 0. The zero-order valence-corrected chi connectivity index (χ0v) is 11.6. The third kappa shape index (κ3) is 7.92. The molecule has 0 aromatic carbocycles. The highest BCUT2D eigenvalue weighted by Gasteiger charge is 2.09. The number of allylic oxidation sites excluding steroid dienone is 1. The van der Waals surface area contributed by atoms with E-state index < -0.39 is 0 Å². The van der Waals surface area contributed by atoms with Crippen LogP contribution >= 0.6 is 0 Å². The smallest absolute Gasteiger partial charge is 0.0577 e. The molecule has 0 heterocycles. The van der Waals surface area contributed by atoms with E-state index in [0.29, 0.717) is 5.92 Å². The van der Waals surface area contributed by atoms with Crippen molar-refractivity contribution in [3.05, 3.63) is 11.6 Å². The fourth-order valence-electron chi connectivity index (χ4n) is 2.00. The van der Waals surface area contributed by atoms with E-state index >= 15 is 0 Å². The maximum atomic E-state index is 9.95. The molecule has 1 unspecified atom stereocenters. The number of hydrogen-bond donors (Lipinski definition) is 1. The van der Waals surface area contributed by atoms with E-state index in [1.807, 2.05) is 0 Å². The van der Waals surface area contributed by atoms with Gasteiger partial charge in [0, 0.05) is 0 Å². The van der Waals surface area contributed by atoms with Crippen LogP contribution in [0.15, 0.2) is 11.6 Å². The molecule has 1 nitrogen and oxygen atoms in total. The summed E-state index contributed by atoms with van der Waals surface area (Å²) in [5.41, 5.74) is 1.42. The summed E-state index contributed by atoms with van der Waals surface area (Å²) in [5.74, 6) is 0.574. The summed E-state index contributed by atoms with van der Waals surface area (Å²) in [4.78, 5) is 0. The van der Waals surface area contributed by atoms with Crippen molar-refractivity contribution in [2.45, 2.75) is 78.7 Å². The minimum Gasteiger partial charge on any atom is -0.393 e. The second-order valence-electron chi connectivity index (χ2n) is 5.05. The SMILES string of the molecule is CC/C=C(/CC(O)CCCCCC)C(C)C. The molecule has 1 N–H and O–H groups in total. The van der Waals surface area contributed by atoms with Crippen molar-refractivity contribution in [2.75, 3.05) is 0 Å². The maximum Gasteiger partial charge on any atom is 0.0577 e. The Morgan fingerprint density at radius 1 is 1.12 bits per heavy atom. The first-order valence-corrected chi connectivity index (χ1v) is 6.98. The Labute approximate surface area is 102 Å². The molecule has 0 aromatic rings. The van der Waals surface area contributed by atoms with Gasteiger partial charge in [0.2, 0.25) is 0 Å². The summed E-state index contributed by atoms with van der Waals surface area (Å²) in [6.45, 7) is 8.81. The Bertz CT molecular complexity index is 182. The fourth-order valence-corrected chi connectivity index (χ4v) is 2.00. The zero-order valence-electron chi connectivity index (χ0n) is 11.6. The molecule has 0 aromatic heterocycles. The zero-order chi connectivity index (χ0) is 12.4. The highest BCUT2D eigenvalue weighted by Crippen LogP contribution is 2.19. The van der Waals surface area contributed by atoms with Gasteiger partial charge < -0.3 is 5.11 Å². The predicted octanol–water partition coefficient (Wildman–Crippen LogP) is 4.70. The van der Waals surface area contributed by atoms with Gasteiger partial charge in [-0.2, -0.15) is 0 Å². The van der Waals surface area contributed by atoms with Crippen LogP contribution in [0, 0.1) is 5.92 Å². The molecular formula is C15H30O. The van der Waals surface area contributed by atoms with Gasteiger partial charge in [0.1, 0.15) is 0 Å². The van der Waals surface area contributed by atoms with E-state index in [9.17, 15) is 5.11 Å². The van der Waals surface area contributed by atoms with Crippen LogP contribution in [-0.2, 0) is 0 Å². The van der Waals surface area contributed by atoms with Gasteiger partial charge in [-0.1, -0.05) is 65.0 Å². The van der Waals surface area contributed by atoms with Gasteiger partial charge in [0.25, 0.3) is 0 Å². The maximum absolute atomic E-state index is 9.95. The first-order valence-electron chi connectivity index (χ1n) is 6.98. The van der Waals surface area contributed by atoms with Crippen LogP contribution in [0.3, 0.4) is 0 Å². The molecule has 1 heteroatoms. The largest absolute Gasteiger partial charge is 0.393 e. The molecular weight excluding hydrogens is 196 g/mol. The van der Waals surface area contributed by atoms with Crippen LogP contribution in [0.4, 0.5) is 0 Å². The summed E-state index contributed by atoms with van der Waals surface area (Å²) < 4.78 is 0. The van der Waals surface area contributed by atoms with Gasteiger partial charge in [-0.05, 0) is 25.2 Å². The van der Waals surface area contributed by atoms with Crippen LogP contribution in [0.5, 0.6) is 0 Å². The number of unbranched alkanes of at least 4 members (excludes halogenated alkanes) is 3. The topological polar surface area (TPSA) is 20.2 Å². The lowest BCUT2D eigenvalue weighted by atomic mass is 9.94. The molecule has 0 spiro atoms. The summed E-state index contributed by atoms with van der Waals surface area (Å²) in [6.07, 6.45) is 10.1. The van der Waals surface area contributed by atoms with Gasteiger partial charge >= 0.3 is 0 Å². The molecule has 0 radical (unpaired) electrons. The van der Waals surface area contributed by atoms with Crippen molar-refractivity contribution in [3.8, 4) is 0 Å².